The first kappa shape index (κ1) is 18.9. The molecule has 1 aromatic carbocycles. The number of rotatable bonds is 5. The average molecular weight is 399 g/mol. The number of carbonyl (C=O) groups excluding carboxylic acids is 1. The van der Waals surface area contributed by atoms with Gasteiger partial charge in [-0.25, -0.2) is 13.2 Å². The van der Waals surface area contributed by atoms with Crippen molar-refractivity contribution in [3.63, 3.8) is 0 Å². The smallest absolute Gasteiger partial charge is 0.373 e. The summed E-state index contributed by atoms with van der Waals surface area (Å²) in [6.45, 7) is 2.32. The zero-order valence-corrected chi connectivity index (χ0v) is 15.8. The van der Waals surface area contributed by atoms with Crippen LogP contribution in [-0.4, -0.2) is 56.9 Å². The Morgan fingerprint density at radius 3 is 2.50 bits per heavy atom. The van der Waals surface area contributed by atoms with Crippen LogP contribution in [0.15, 0.2) is 45.7 Å². The summed E-state index contributed by atoms with van der Waals surface area (Å²) in [4.78, 5) is 13.6. The largest absolute Gasteiger partial charge is 0.463 e. The van der Waals surface area contributed by atoms with E-state index in [4.69, 9.17) is 16.0 Å². The number of benzene rings is 1. The number of methoxy groups -OCH3 is 1. The third-order valence-corrected chi connectivity index (χ3v) is 6.61. The number of hydrogen-bond donors (Lipinski definition) is 0. The summed E-state index contributed by atoms with van der Waals surface area (Å²) in [5.41, 5.74) is 0. The lowest BCUT2D eigenvalue weighted by atomic mass is 10.3. The third-order valence-electron chi connectivity index (χ3n) is 4.21. The van der Waals surface area contributed by atoms with Crippen LogP contribution >= 0.6 is 11.6 Å². The molecule has 0 saturated carbocycles. The highest BCUT2D eigenvalue weighted by Crippen LogP contribution is 2.25. The second-order valence-electron chi connectivity index (χ2n) is 5.87. The molecule has 0 aliphatic carbocycles. The predicted octanol–water partition coefficient (Wildman–Crippen LogP) is 2.23. The highest BCUT2D eigenvalue weighted by Gasteiger charge is 2.30. The molecule has 0 radical (unpaired) electrons. The van der Waals surface area contributed by atoms with Crippen molar-refractivity contribution in [3.05, 3.63) is 52.9 Å². The van der Waals surface area contributed by atoms with Gasteiger partial charge in [0.25, 0.3) is 0 Å². The van der Waals surface area contributed by atoms with E-state index >= 15 is 0 Å². The highest BCUT2D eigenvalue weighted by atomic mass is 35.5. The molecule has 1 aliphatic heterocycles. The summed E-state index contributed by atoms with van der Waals surface area (Å²) < 4.78 is 37.0. The van der Waals surface area contributed by atoms with Gasteiger partial charge in [-0.3, -0.25) is 4.90 Å². The molecular weight excluding hydrogens is 380 g/mol. The van der Waals surface area contributed by atoms with Crippen LogP contribution in [0.3, 0.4) is 0 Å². The summed E-state index contributed by atoms with van der Waals surface area (Å²) in [6, 6.07) is 9.73. The molecule has 0 amide bonds. The molecule has 140 valence electrons. The van der Waals surface area contributed by atoms with Crippen molar-refractivity contribution in [1.29, 1.82) is 0 Å². The second-order valence-corrected chi connectivity index (χ2v) is 8.18. The first-order chi connectivity index (χ1) is 12.4. The maximum Gasteiger partial charge on any atom is 0.373 e. The SMILES string of the molecule is COC(=O)c1ccc(CN2CCN(S(=O)(=O)c3ccccc3Cl)CC2)o1. The van der Waals surface area contributed by atoms with Gasteiger partial charge >= 0.3 is 5.97 Å². The van der Waals surface area contributed by atoms with Crippen LogP contribution in [0.4, 0.5) is 0 Å². The normalized spacial score (nSPS) is 16.5. The van der Waals surface area contributed by atoms with Crippen molar-refractivity contribution in [1.82, 2.24) is 9.21 Å². The predicted molar refractivity (Wildman–Crippen MR) is 95.5 cm³/mol. The monoisotopic (exact) mass is 398 g/mol. The van der Waals surface area contributed by atoms with Gasteiger partial charge in [0.2, 0.25) is 15.8 Å². The number of ether oxygens (including phenoxy) is 1. The van der Waals surface area contributed by atoms with Gasteiger partial charge in [0.15, 0.2) is 0 Å². The standard InChI is InChI=1S/C17H19ClN2O5S/c1-24-17(21)15-7-6-13(25-15)12-19-8-10-20(11-9-19)26(22,23)16-5-3-2-4-14(16)18/h2-7H,8-12H2,1H3. The molecule has 0 bridgehead atoms. The van der Waals surface area contributed by atoms with Gasteiger partial charge in [0.05, 0.1) is 18.7 Å². The van der Waals surface area contributed by atoms with E-state index < -0.39 is 16.0 Å². The maximum absolute atomic E-state index is 12.7. The van der Waals surface area contributed by atoms with Crippen molar-refractivity contribution in [2.24, 2.45) is 0 Å². The van der Waals surface area contributed by atoms with Gasteiger partial charge in [-0.05, 0) is 24.3 Å². The van der Waals surface area contributed by atoms with Gasteiger partial charge in [0.1, 0.15) is 10.7 Å². The number of halogens is 1. The Morgan fingerprint density at radius 1 is 1.15 bits per heavy atom. The molecule has 1 aliphatic rings. The van der Waals surface area contributed by atoms with E-state index in [0.717, 1.165) is 0 Å². The zero-order valence-electron chi connectivity index (χ0n) is 14.2. The molecule has 2 heterocycles. The van der Waals surface area contributed by atoms with Crippen LogP contribution < -0.4 is 0 Å². The van der Waals surface area contributed by atoms with Gasteiger partial charge in [-0.15, -0.1) is 0 Å². The van der Waals surface area contributed by atoms with Crippen LogP contribution in [0, 0.1) is 0 Å². The van der Waals surface area contributed by atoms with Crippen LogP contribution in [0.1, 0.15) is 16.3 Å². The number of esters is 1. The fourth-order valence-electron chi connectivity index (χ4n) is 2.81. The number of piperazine rings is 1. The van der Waals surface area contributed by atoms with Gasteiger partial charge in [-0.2, -0.15) is 4.31 Å². The lowest BCUT2D eigenvalue weighted by Gasteiger charge is -2.33. The molecule has 3 rings (SSSR count). The van der Waals surface area contributed by atoms with Crippen LogP contribution in [0.5, 0.6) is 0 Å². The molecule has 0 N–H and O–H groups in total. The van der Waals surface area contributed by atoms with Gasteiger partial charge in [-0.1, -0.05) is 23.7 Å². The van der Waals surface area contributed by atoms with E-state index in [1.807, 2.05) is 0 Å². The quantitative estimate of drug-likeness (QED) is 0.718. The van der Waals surface area contributed by atoms with Crippen LogP contribution in [0.25, 0.3) is 0 Å². The molecule has 1 fully saturated rings. The number of nitrogens with zero attached hydrogens (tertiary/aromatic N) is 2. The topological polar surface area (TPSA) is 80.1 Å². The number of hydrogen-bond acceptors (Lipinski definition) is 6. The Hall–Kier alpha value is -1.87. The lowest BCUT2D eigenvalue weighted by Crippen LogP contribution is -2.48. The average Bonchev–Trinajstić information content (AvgIpc) is 3.10. The lowest BCUT2D eigenvalue weighted by molar-refractivity contribution is 0.0560. The molecule has 1 saturated heterocycles. The van der Waals surface area contributed by atoms with E-state index in [0.29, 0.717) is 38.5 Å². The molecule has 0 atom stereocenters. The van der Waals surface area contributed by atoms with Gasteiger partial charge < -0.3 is 9.15 Å². The van der Waals surface area contributed by atoms with Crippen LogP contribution in [0.2, 0.25) is 5.02 Å². The summed E-state index contributed by atoms with van der Waals surface area (Å²) in [7, 11) is -2.31. The Balaban J connectivity index is 1.61. The molecule has 0 unspecified atom stereocenters. The summed E-state index contributed by atoms with van der Waals surface area (Å²) in [5, 5.41) is 0.223. The molecule has 26 heavy (non-hydrogen) atoms. The maximum atomic E-state index is 12.7. The van der Waals surface area contributed by atoms with Crippen molar-refractivity contribution < 1.29 is 22.4 Å². The van der Waals surface area contributed by atoms with E-state index in [1.165, 1.54) is 17.5 Å². The summed E-state index contributed by atoms with van der Waals surface area (Å²) >= 11 is 6.04. The number of carbonyl (C=O) groups is 1. The highest BCUT2D eigenvalue weighted by molar-refractivity contribution is 7.89. The summed E-state index contributed by atoms with van der Waals surface area (Å²) in [5.74, 6) is 0.266. The summed E-state index contributed by atoms with van der Waals surface area (Å²) in [6.07, 6.45) is 0. The van der Waals surface area contributed by atoms with E-state index in [2.05, 4.69) is 9.64 Å². The molecule has 0 spiro atoms. The minimum Gasteiger partial charge on any atom is -0.463 e. The minimum absolute atomic E-state index is 0.129. The number of sulfonamides is 1. The molecule has 9 heteroatoms. The zero-order chi connectivity index (χ0) is 18.7. The van der Waals surface area contributed by atoms with Crippen LogP contribution in [-0.2, 0) is 21.3 Å². The van der Waals surface area contributed by atoms with Crippen molar-refractivity contribution in [2.45, 2.75) is 11.4 Å². The Labute approximate surface area is 157 Å². The molecule has 7 nitrogen and oxygen atoms in total. The Bertz CT molecular complexity index is 888. The Kier molecular flexibility index (Phi) is 5.67. The molecule has 1 aromatic heterocycles. The molecular formula is C17H19ClN2O5S. The minimum atomic E-state index is -3.61. The first-order valence-corrected chi connectivity index (χ1v) is 9.87. The third kappa shape index (κ3) is 3.93. The van der Waals surface area contributed by atoms with E-state index in [1.54, 1.807) is 30.3 Å². The van der Waals surface area contributed by atoms with E-state index in [-0.39, 0.29) is 15.7 Å². The van der Waals surface area contributed by atoms with Crippen molar-refractivity contribution >= 4 is 27.6 Å². The van der Waals surface area contributed by atoms with Crippen molar-refractivity contribution in [2.75, 3.05) is 33.3 Å². The van der Waals surface area contributed by atoms with Gasteiger partial charge in [0, 0.05) is 26.2 Å². The van der Waals surface area contributed by atoms with E-state index in [9.17, 15) is 13.2 Å². The second kappa shape index (κ2) is 7.79. The molecule has 2 aromatic rings. The fraction of sp³-hybridized carbons (Fsp3) is 0.353. The van der Waals surface area contributed by atoms with Crippen molar-refractivity contribution in [3.8, 4) is 0 Å². The fourth-order valence-corrected chi connectivity index (χ4v) is 4.73. The first-order valence-electron chi connectivity index (χ1n) is 8.06. The Morgan fingerprint density at radius 2 is 1.85 bits per heavy atom. The number of furan rings is 1.